The SMILES string of the molecule is CC(NCC#Cc1ccc(Cl)cc1)(NCC#Cc1ccc(Cl)cc1)NS(=O)(=O)c1cccc2cnccc12. The van der Waals surface area contributed by atoms with Gasteiger partial charge in [0.1, 0.15) is 5.79 Å². The van der Waals surface area contributed by atoms with Gasteiger partial charge >= 0.3 is 0 Å². The molecule has 3 aromatic carbocycles. The summed E-state index contributed by atoms with van der Waals surface area (Å²) in [4.78, 5) is 4.23. The van der Waals surface area contributed by atoms with Crippen molar-refractivity contribution in [3.8, 4) is 23.7 Å². The van der Waals surface area contributed by atoms with Crippen LogP contribution in [0.2, 0.25) is 10.0 Å². The summed E-state index contributed by atoms with van der Waals surface area (Å²) in [7, 11) is -3.96. The number of sulfonamides is 1. The van der Waals surface area contributed by atoms with Crippen molar-refractivity contribution in [2.45, 2.75) is 17.6 Å². The summed E-state index contributed by atoms with van der Waals surface area (Å²) in [5, 5.41) is 8.87. The van der Waals surface area contributed by atoms with Gasteiger partial charge in [0.15, 0.2) is 0 Å². The van der Waals surface area contributed by atoms with Crippen molar-refractivity contribution >= 4 is 44.0 Å². The molecule has 6 nitrogen and oxygen atoms in total. The van der Waals surface area contributed by atoms with Gasteiger partial charge in [-0.25, -0.2) is 8.42 Å². The topological polar surface area (TPSA) is 83.1 Å². The number of fused-ring (bicyclic) bond motifs is 1. The van der Waals surface area contributed by atoms with E-state index in [1.54, 1.807) is 61.8 Å². The number of hydrogen-bond donors (Lipinski definition) is 3. The second kappa shape index (κ2) is 12.4. The number of rotatable bonds is 7. The number of benzene rings is 3. The van der Waals surface area contributed by atoms with Crippen LogP contribution in [0.5, 0.6) is 0 Å². The van der Waals surface area contributed by atoms with Gasteiger partial charge in [0.25, 0.3) is 0 Å². The van der Waals surface area contributed by atoms with Gasteiger partial charge in [0, 0.05) is 44.3 Å². The summed E-state index contributed by atoms with van der Waals surface area (Å²) in [6.45, 7) is 2.07. The number of pyridine rings is 1. The molecule has 3 N–H and O–H groups in total. The van der Waals surface area contributed by atoms with Gasteiger partial charge in [-0.15, -0.1) is 0 Å². The van der Waals surface area contributed by atoms with Gasteiger partial charge in [0.05, 0.1) is 18.0 Å². The molecule has 0 aliphatic carbocycles. The molecule has 0 amide bonds. The number of aromatic nitrogens is 1. The fourth-order valence-corrected chi connectivity index (χ4v) is 5.36. The van der Waals surface area contributed by atoms with E-state index in [4.69, 9.17) is 23.2 Å². The maximum Gasteiger partial charge on any atom is 0.243 e. The summed E-state index contributed by atoms with van der Waals surface area (Å²) in [5.74, 6) is 10.8. The molecule has 0 spiro atoms. The molecule has 1 heterocycles. The summed E-state index contributed by atoms with van der Waals surface area (Å²) in [5.41, 5.74) is 1.59. The van der Waals surface area contributed by atoms with Crippen LogP contribution in [0.15, 0.2) is 90.1 Å². The van der Waals surface area contributed by atoms with Crippen molar-refractivity contribution in [3.63, 3.8) is 0 Å². The molecule has 4 aromatic rings. The average molecular weight is 564 g/mol. The first-order valence-corrected chi connectivity index (χ1v) is 13.8. The first-order chi connectivity index (χ1) is 18.2. The molecular weight excluding hydrogens is 539 g/mol. The molecule has 0 saturated heterocycles. The Morgan fingerprint density at radius 1 is 0.816 bits per heavy atom. The van der Waals surface area contributed by atoms with Crippen LogP contribution in [0, 0.1) is 23.7 Å². The number of nitrogens with one attached hydrogen (secondary N) is 3. The summed E-state index contributed by atoms with van der Waals surface area (Å²) in [6, 6.07) is 21.1. The van der Waals surface area contributed by atoms with Crippen LogP contribution in [0.25, 0.3) is 10.8 Å². The highest BCUT2D eigenvalue weighted by molar-refractivity contribution is 7.89. The molecule has 192 valence electrons. The Labute approximate surface area is 232 Å². The number of nitrogens with zero attached hydrogens (tertiary/aromatic N) is 1. The molecule has 0 radical (unpaired) electrons. The minimum Gasteiger partial charge on any atom is -0.275 e. The van der Waals surface area contributed by atoms with Gasteiger partial charge in [-0.2, -0.15) is 4.72 Å². The molecule has 0 unspecified atom stereocenters. The van der Waals surface area contributed by atoms with Gasteiger partial charge in [-0.05, 0) is 67.6 Å². The highest BCUT2D eigenvalue weighted by Crippen LogP contribution is 2.22. The number of hydrogen-bond acceptors (Lipinski definition) is 5. The van der Waals surface area contributed by atoms with Crippen molar-refractivity contribution in [3.05, 3.63) is 106 Å². The van der Waals surface area contributed by atoms with Crippen LogP contribution >= 0.6 is 23.2 Å². The lowest BCUT2D eigenvalue weighted by molar-refractivity contribution is 0.286. The van der Waals surface area contributed by atoms with E-state index in [1.807, 2.05) is 30.3 Å². The van der Waals surface area contributed by atoms with Crippen molar-refractivity contribution in [2.75, 3.05) is 13.1 Å². The van der Waals surface area contributed by atoms with E-state index in [2.05, 4.69) is 44.0 Å². The Balaban J connectivity index is 1.54. The minimum atomic E-state index is -3.96. The van der Waals surface area contributed by atoms with Crippen LogP contribution in [-0.2, 0) is 10.0 Å². The Morgan fingerprint density at radius 3 is 1.92 bits per heavy atom. The van der Waals surface area contributed by atoms with Crippen molar-refractivity contribution in [1.29, 1.82) is 0 Å². The minimum absolute atomic E-state index is 0.145. The normalized spacial score (nSPS) is 11.3. The molecule has 9 heteroatoms. The fraction of sp³-hybridized carbons (Fsp3) is 0.138. The van der Waals surface area contributed by atoms with E-state index in [9.17, 15) is 8.42 Å². The zero-order chi connectivity index (χ0) is 27.0. The highest BCUT2D eigenvalue weighted by Gasteiger charge is 2.30. The van der Waals surface area contributed by atoms with Gasteiger partial charge in [-0.3, -0.25) is 15.6 Å². The van der Waals surface area contributed by atoms with E-state index < -0.39 is 15.8 Å². The quantitative estimate of drug-likeness (QED) is 0.223. The lowest BCUT2D eigenvalue weighted by Crippen LogP contribution is -2.65. The van der Waals surface area contributed by atoms with Crippen LogP contribution in [0.3, 0.4) is 0 Å². The van der Waals surface area contributed by atoms with Gasteiger partial charge < -0.3 is 0 Å². The monoisotopic (exact) mass is 562 g/mol. The van der Waals surface area contributed by atoms with E-state index in [-0.39, 0.29) is 18.0 Å². The van der Waals surface area contributed by atoms with Crippen LogP contribution < -0.4 is 15.4 Å². The highest BCUT2D eigenvalue weighted by atomic mass is 35.5. The molecule has 0 saturated carbocycles. The molecule has 1 aromatic heterocycles. The first kappa shape index (κ1) is 27.6. The Hall–Kier alpha value is -3.40. The maximum absolute atomic E-state index is 13.5. The summed E-state index contributed by atoms with van der Waals surface area (Å²) < 4.78 is 29.8. The standard InChI is InChI=1S/C29H24Cl2N4O2S/c1-29(33-18-3-5-22-9-13-25(30)14-10-22,34-19-4-6-23-11-15-26(31)16-12-23)35-38(36,37)28-8-2-7-24-21-32-20-17-27(24)28/h2,7-17,20-21,33-35H,18-19H2,1H3. The average Bonchev–Trinajstić information content (AvgIpc) is 2.90. The Bertz CT molecular complexity index is 1580. The molecule has 0 atom stereocenters. The zero-order valence-electron chi connectivity index (χ0n) is 20.4. The van der Waals surface area contributed by atoms with E-state index >= 15 is 0 Å². The molecular formula is C29H24Cl2N4O2S. The molecule has 0 fully saturated rings. The first-order valence-electron chi connectivity index (χ1n) is 11.6. The lowest BCUT2D eigenvalue weighted by Gasteiger charge is -2.31. The second-order valence-corrected chi connectivity index (χ2v) is 10.9. The summed E-state index contributed by atoms with van der Waals surface area (Å²) >= 11 is 11.9. The van der Waals surface area contributed by atoms with Crippen molar-refractivity contribution in [2.24, 2.45) is 0 Å². The van der Waals surface area contributed by atoms with Gasteiger partial charge in [-0.1, -0.05) is 59.0 Å². The molecule has 0 bridgehead atoms. The van der Waals surface area contributed by atoms with Crippen LogP contribution in [0.4, 0.5) is 0 Å². The number of halogens is 2. The lowest BCUT2D eigenvalue weighted by atomic mass is 10.2. The van der Waals surface area contributed by atoms with E-state index in [1.165, 1.54) is 0 Å². The largest absolute Gasteiger partial charge is 0.275 e. The second-order valence-electron chi connectivity index (χ2n) is 8.41. The van der Waals surface area contributed by atoms with Crippen molar-refractivity contribution in [1.82, 2.24) is 20.3 Å². The predicted molar refractivity (Wildman–Crippen MR) is 153 cm³/mol. The molecule has 38 heavy (non-hydrogen) atoms. The third kappa shape index (κ3) is 7.56. The molecule has 0 aliphatic rings. The third-order valence-corrected chi connectivity index (χ3v) is 7.60. The smallest absolute Gasteiger partial charge is 0.243 e. The maximum atomic E-state index is 13.5. The van der Waals surface area contributed by atoms with E-state index in [0.717, 1.165) is 16.5 Å². The Kier molecular flexibility index (Phi) is 9.04. The summed E-state index contributed by atoms with van der Waals surface area (Å²) in [6.07, 6.45) is 3.19. The van der Waals surface area contributed by atoms with Crippen LogP contribution in [0.1, 0.15) is 18.1 Å². The molecule has 0 aliphatic heterocycles. The van der Waals surface area contributed by atoms with Crippen molar-refractivity contribution < 1.29 is 8.42 Å². The van der Waals surface area contributed by atoms with Gasteiger partial charge in [0.2, 0.25) is 10.0 Å². The third-order valence-electron chi connectivity index (χ3n) is 5.48. The zero-order valence-corrected chi connectivity index (χ0v) is 22.8. The fourth-order valence-electron chi connectivity index (χ4n) is 3.59. The Morgan fingerprint density at radius 2 is 1.37 bits per heavy atom. The molecule has 4 rings (SSSR count). The van der Waals surface area contributed by atoms with E-state index in [0.29, 0.717) is 15.4 Å². The predicted octanol–water partition coefficient (Wildman–Crippen LogP) is 4.78. The van der Waals surface area contributed by atoms with Crippen LogP contribution in [-0.4, -0.2) is 32.3 Å².